The predicted octanol–water partition coefficient (Wildman–Crippen LogP) is 5.41. The number of hydrogen-bond donors (Lipinski definition) is 1. The minimum absolute atomic E-state index is 0.115. The lowest BCUT2D eigenvalue weighted by Gasteiger charge is -2.13. The van der Waals surface area contributed by atoms with Crippen LogP contribution in [0.1, 0.15) is 16.1 Å². The van der Waals surface area contributed by atoms with Crippen LogP contribution < -0.4 is 5.32 Å². The first-order valence-corrected chi connectivity index (χ1v) is 7.52. The van der Waals surface area contributed by atoms with E-state index in [2.05, 4.69) is 10.5 Å². The van der Waals surface area contributed by atoms with Gasteiger partial charge in [-0.1, -0.05) is 16.8 Å². The zero-order valence-corrected chi connectivity index (χ0v) is 13.5. The summed E-state index contributed by atoms with van der Waals surface area (Å²) in [6.07, 6.45) is -4.70. The first kappa shape index (κ1) is 17.9. The van der Waals surface area contributed by atoms with Crippen LogP contribution in [-0.4, -0.2) is 11.1 Å². The summed E-state index contributed by atoms with van der Waals surface area (Å²) in [5.41, 5.74) is -1.31. The van der Waals surface area contributed by atoms with Gasteiger partial charge in [-0.2, -0.15) is 13.2 Å². The maximum atomic E-state index is 13.1. The van der Waals surface area contributed by atoms with Gasteiger partial charge in [0.2, 0.25) is 0 Å². The van der Waals surface area contributed by atoms with Crippen LogP contribution >= 0.6 is 11.6 Å². The SMILES string of the molecule is O=C(Nc1ccc(Cl)cc1C(F)(F)F)c1cc(-c2ccc(F)cc2)on1. The Kier molecular flexibility index (Phi) is 4.69. The summed E-state index contributed by atoms with van der Waals surface area (Å²) in [6.45, 7) is 0. The first-order chi connectivity index (χ1) is 12.2. The van der Waals surface area contributed by atoms with Gasteiger partial charge in [-0.15, -0.1) is 0 Å². The summed E-state index contributed by atoms with van der Waals surface area (Å²) in [6, 6.07) is 9.44. The van der Waals surface area contributed by atoms with Gasteiger partial charge in [-0.25, -0.2) is 4.39 Å². The van der Waals surface area contributed by atoms with Crippen LogP contribution in [0.3, 0.4) is 0 Å². The van der Waals surface area contributed by atoms with E-state index >= 15 is 0 Å². The molecule has 0 radical (unpaired) electrons. The van der Waals surface area contributed by atoms with Gasteiger partial charge in [0.05, 0.1) is 11.3 Å². The number of aromatic nitrogens is 1. The van der Waals surface area contributed by atoms with Gasteiger partial charge in [0.25, 0.3) is 5.91 Å². The van der Waals surface area contributed by atoms with Crippen molar-refractivity contribution in [3.8, 4) is 11.3 Å². The van der Waals surface area contributed by atoms with Crippen molar-refractivity contribution < 1.29 is 26.9 Å². The molecule has 1 amide bonds. The van der Waals surface area contributed by atoms with Gasteiger partial charge in [0.15, 0.2) is 11.5 Å². The van der Waals surface area contributed by atoms with Crippen molar-refractivity contribution in [3.63, 3.8) is 0 Å². The third-order valence-corrected chi connectivity index (χ3v) is 3.64. The number of hydrogen-bond acceptors (Lipinski definition) is 3. The summed E-state index contributed by atoms with van der Waals surface area (Å²) in [5.74, 6) is -1.18. The average molecular weight is 385 g/mol. The Morgan fingerprint density at radius 1 is 1.08 bits per heavy atom. The lowest BCUT2D eigenvalue weighted by Crippen LogP contribution is -2.17. The summed E-state index contributed by atoms with van der Waals surface area (Å²) in [5, 5.41) is 5.55. The molecular weight excluding hydrogens is 376 g/mol. The van der Waals surface area contributed by atoms with E-state index in [-0.39, 0.29) is 16.5 Å². The maximum absolute atomic E-state index is 13.1. The standard InChI is InChI=1S/C17H9ClF4N2O2/c18-10-3-6-13(12(7-10)17(20,21)22)23-16(25)14-8-15(26-24-14)9-1-4-11(19)5-2-9/h1-8H,(H,23,25). The third-order valence-electron chi connectivity index (χ3n) is 3.41. The van der Waals surface area contributed by atoms with E-state index in [0.717, 1.165) is 6.07 Å². The second-order valence-electron chi connectivity index (χ2n) is 5.23. The number of amides is 1. The highest BCUT2D eigenvalue weighted by molar-refractivity contribution is 6.30. The highest BCUT2D eigenvalue weighted by atomic mass is 35.5. The number of nitrogens with one attached hydrogen (secondary N) is 1. The Bertz CT molecular complexity index is 952. The maximum Gasteiger partial charge on any atom is 0.418 e. The monoisotopic (exact) mass is 384 g/mol. The largest absolute Gasteiger partial charge is 0.418 e. The lowest BCUT2D eigenvalue weighted by molar-refractivity contribution is -0.136. The van der Waals surface area contributed by atoms with Gasteiger partial charge in [0.1, 0.15) is 5.82 Å². The Hall–Kier alpha value is -2.87. The molecule has 0 unspecified atom stereocenters. The quantitative estimate of drug-likeness (QED) is 0.615. The lowest BCUT2D eigenvalue weighted by atomic mass is 10.1. The molecule has 0 aliphatic heterocycles. The zero-order chi connectivity index (χ0) is 18.9. The van der Waals surface area contributed by atoms with Gasteiger partial charge in [-0.3, -0.25) is 4.79 Å². The van der Waals surface area contributed by atoms with Crippen molar-refractivity contribution in [2.24, 2.45) is 0 Å². The minimum Gasteiger partial charge on any atom is -0.355 e. The molecule has 0 saturated carbocycles. The number of alkyl halides is 3. The summed E-state index contributed by atoms with van der Waals surface area (Å²) >= 11 is 5.59. The summed E-state index contributed by atoms with van der Waals surface area (Å²) < 4.78 is 57.1. The normalized spacial score (nSPS) is 11.4. The Morgan fingerprint density at radius 3 is 2.42 bits per heavy atom. The summed E-state index contributed by atoms with van der Waals surface area (Å²) in [7, 11) is 0. The second-order valence-corrected chi connectivity index (χ2v) is 5.66. The van der Waals surface area contributed by atoms with Crippen LogP contribution in [0.4, 0.5) is 23.2 Å². The second kappa shape index (κ2) is 6.80. The molecule has 134 valence electrons. The number of benzene rings is 2. The van der Waals surface area contributed by atoms with E-state index < -0.39 is 29.2 Å². The van der Waals surface area contributed by atoms with Crippen LogP contribution in [0.2, 0.25) is 5.02 Å². The molecule has 3 aromatic rings. The first-order valence-electron chi connectivity index (χ1n) is 7.15. The molecule has 0 aliphatic carbocycles. The van der Waals surface area contributed by atoms with Crippen LogP contribution in [0, 0.1) is 5.82 Å². The molecule has 0 atom stereocenters. The van der Waals surface area contributed by atoms with Gasteiger partial charge < -0.3 is 9.84 Å². The molecule has 0 fully saturated rings. The molecule has 1 heterocycles. The molecule has 3 rings (SSSR count). The molecule has 1 N–H and O–H groups in total. The number of carbonyl (C=O) groups is 1. The topological polar surface area (TPSA) is 55.1 Å². The molecule has 0 spiro atoms. The Labute approximate surface area is 149 Å². The molecule has 2 aromatic carbocycles. The van der Waals surface area contributed by atoms with Gasteiger partial charge >= 0.3 is 6.18 Å². The molecular formula is C17H9ClF4N2O2. The van der Waals surface area contributed by atoms with Crippen molar-refractivity contribution in [3.05, 3.63) is 70.6 Å². The van der Waals surface area contributed by atoms with Crippen LogP contribution in [-0.2, 0) is 6.18 Å². The van der Waals surface area contributed by atoms with Gasteiger partial charge in [-0.05, 0) is 42.5 Å². The molecule has 1 aromatic heterocycles. The van der Waals surface area contributed by atoms with Crippen molar-refractivity contribution in [1.29, 1.82) is 0 Å². The summed E-state index contributed by atoms with van der Waals surface area (Å²) in [4.78, 5) is 12.2. The minimum atomic E-state index is -4.70. The molecule has 4 nitrogen and oxygen atoms in total. The van der Waals surface area contributed by atoms with Crippen LogP contribution in [0.15, 0.2) is 53.1 Å². The van der Waals surface area contributed by atoms with Crippen molar-refractivity contribution >= 4 is 23.2 Å². The molecule has 0 bridgehead atoms. The third kappa shape index (κ3) is 3.85. The average Bonchev–Trinajstić information content (AvgIpc) is 3.06. The van der Waals surface area contributed by atoms with Crippen molar-refractivity contribution in [2.75, 3.05) is 5.32 Å². The van der Waals surface area contributed by atoms with E-state index in [1.165, 1.54) is 36.4 Å². The van der Waals surface area contributed by atoms with Crippen molar-refractivity contribution in [2.45, 2.75) is 6.18 Å². The smallest absolute Gasteiger partial charge is 0.355 e. The molecule has 0 saturated heterocycles. The van der Waals surface area contributed by atoms with E-state index in [0.29, 0.717) is 11.6 Å². The number of carbonyl (C=O) groups excluding carboxylic acids is 1. The van der Waals surface area contributed by atoms with E-state index in [1.807, 2.05) is 0 Å². The Morgan fingerprint density at radius 2 is 1.77 bits per heavy atom. The molecule has 9 heteroatoms. The Balaban J connectivity index is 1.85. The molecule has 26 heavy (non-hydrogen) atoms. The number of anilines is 1. The van der Waals surface area contributed by atoms with E-state index in [9.17, 15) is 22.4 Å². The zero-order valence-electron chi connectivity index (χ0n) is 12.8. The fourth-order valence-electron chi connectivity index (χ4n) is 2.18. The number of nitrogens with zero attached hydrogens (tertiary/aromatic N) is 1. The van der Waals surface area contributed by atoms with Crippen molar-refractivity contribution in [1.82, 2.24) is 5.16 Å². The fourth-order valence-corrected chi connectivity index (χ4v) is 2.35. The van der Waals surface area contributed by atoms with Crippen LogP contribution in [0.25, 0.3) is 11.3 Å². The van der Waals surface area contributed by atoms with E-state index in [4.69, 9.17) is 16.1 Å². The predicted molar refractivity (Wildman–Crippen MR) is 86.3 cm³/mol. The number of rotatable bonds is 3. The number of halogens is 5. The highest BCUT2D eigenvalue weighted by Crippen LogP contribution is 2.36. The highest BCUT2D eigenvalue weighted by Gasteiger charge is 2.34. The molecule has 0 aliphatic rings. The van der Waals surface area contributed by atoms with Gasteiger partial charge in [0, 0.05) is 16.7 Å². The van der Waals surface area contributed by atoms with E-state index in [1.54, 1.807) is 0 Å². The fraction of sp³-hybridized carbons (Fsp3) is 0.0588. The van der Waals surface area contributed by atoms with Crippen LogP contribution in [0.5, 0.6) is 0 Å².